The Morgan fingerprint density at radius 2 is 1.38 bits per heavy atom. The van der Waals surface area contributed by atoms with Crippen LogP contribution in [0.25, 0.3) is 0 Å². The maximum atomic E-state index is 14.9. The first-order valence-electron chi connectivity index (χ1n) is 21.8. The van der Waals surface area contributed by atoms with Crippen molar-refractivity contribution in [2.45, 2.75) is 159 Å². The van der Waals surface area contributed by atoms with E-state index < -0.39 is 132 Å². The molecule has 0 aromatic heterocycles. The van der Waals surface area contributed by atoms with Crippen LogP contribution >= 0.6 is 0 Å². The fraction of sp³-hybridized carbons (Fsp3) is 0.795. The lowest BCUT2D eigenvalue weighted by Gasteiger charge is -2.47. The Bertz CT molecular complexity index is 1790. The van der Waals surface area contributed by atoms with Crippen LogP contribution in [-0.4, -0.2) is 189 Å². The van der Waals surface area contributed by atoms with Crippen molar-refractivity contribution in [1.29, 1.82) is 0 Å². The maximum Gasteiger partial charge on any atom is 0.334 e. The number of rotatable bonds is 8. The predicted molar refractivity (Wildman–Crippen MR) is 214 cm³/mol. The number of carbonyl (C=O) groups is 8. The van der Waals surface area contributed by atoms with E-state index >= 15 is 0 Å². The summed E-state index contributed by atoms with van der Waals surface area (Å²) >= 11 is 0. The number of amides is 6. The van der Waals surface area contributed by atoms with E-state index in [-0.39, 0.29) is 74.7 Å². The van der Waals surface area contributed by atoms with Crippen LogP contribution in [0.1, 0.15) is 98.8 Å². The van der Waals surface area contributed by atoms with Crippen molar-refractivity contribution in [3.8, 4) is 0 Å². The third-order valence-electron chi connectivity index (χ3n) is 12.6. The number of carboxylic acids is 1. The van der Waals surface area contributed by atoms with Crippen LogP contribution in [0.2, 0.25) is 0 Å². The molecule has 5 rings (SSSR count). The number of hydroxylamine groups is 4. The van der Waals surface area contributed by atoms with Crippen molar-refractivity contribution in [2.24, 2.45) is 11.8 Å². The van der Waals surface area contributed by atoms with Gasteiger partial charge in [0.05, 0.1) is 18.6 Å². The van der Waals surface area contributed by atoms with Crippen molar-refractivity contribution >= 4 is 47.4 Å². The molecule has 5 fully saturated rings. The Morgan fingerprint density at radius 3 is 1.91 bits per heavy atom. The summed E-state index contributed by atoms with van der Waals surface area (Å²) in [5, 5.41) is 71.4. The van der Waals surface area contributed by atoms with Gasteiger partial charge in [-0.3, -0.25) is 59.0 Å². The second-order valence-electron chi connectivity index (χ2n) is 17.6. The van der Waals surface area contributed by atoms with E-state index in [1.54, 1.807) is 6.92 Å². The van der Waals surface area contributed by atoms with Gasteiger partial charge in [-0.25, -0.2) is 31.2 Å². The molecule has 5 heterocycles. The summed E-state index contributed by atoms with van der Waals surface area (Å²) in [6.07, 6.45) is -4.25. The number of nitrogens with zero attached hydrogens (tertiary/aromatic N) is 5. The summed E-state index contributed by atoms with van der Waals surface area (Å²) in [5.74, 6) is -13.6. The Labute approximate surface area is 369 Å². The Hall–Kier alpha value is -4.60. The highest BCUT2D eigenvalue weighted by atomic mass is 16.7. The first-order chi connectivity index (χ1) is 30.1. The molecule has 0 aromatic rings. The number of fused-ring (bicyclic) bond motifs is 3. The van der Waals surface area contributed by atoms with Crippen LogP contribution < -0.4 is 21.6 Å². The number of carboxylic acid groups (broad SMARTS) is 1. The van der Waals surface area contributed by atoms with Gasteiger partial charge < -0.3 is 35.2 Å². The van der Waals surface area contributed by atoms with E-state index in [4.69, 9.17) is 9.47 Å². The first-order valence-corrected chi connectivity index (χ1v) is 21.8. The summed E-state index contributed by atoms with van der Waals surface area (Å²) in [4.78, 5) is 111. The molecule has 0 saturated carbocycles. The Morgan fingerprint density at radius 1 is 0.844 bits per heavy atom. The zero-order valence-corrected chi connectivity index (χ0v) is 36.7. The van der Waals surface area contributed by atoms with Crippen molar-refractivity contribution in [3.63, 3.8) is 0 Å². The minimum atomic E-state index is -2.90. The minimum absolute atomic E-state index is 0.00934. The lowest BCUT2D eigenvalue weighted by Crippen LogP contribution is -2.70. The van der Waals surface area contributed by atoms with E-state index in [2.05, 4.69) is 21.6 Å². The summed E-state index contributed by atoms with van der Waals surface area (Å²) in [5.41, 5.74) is 5.46. The number of nitrogens with one attached hydrogen (secondary N) is 4. The van der Waals surface area contributed by atoms with Crippen molar-refractivity contribution in [1.82, 2.24) is 46.7 Å². The van der Waals surface area contributed by atoms with E-state index in [0.717, 1.165) is 28.9 Å². The number of ether oxygens (including phenoxy) is 2. The van der Waals surface area contributed by atoms with Crippen LogP contribution in [0.15, 0.2) is 0 Å². The van der Waals surface area contributed by atoms with Crippen LogP contribution in [0.5, 0.6) is 0 Å². The number of aliphatic hydroxyl groups is 3. The Kier molecular flexibility index (Phi) is 16.3. The number of esters is 1. The first kappa shape index (κ1) is 50.4. The van der Waals surface area contributed by atoms with Gasteiger partial charge in [-0.1, -0.05) is 20.8 Å². The summed E-state index contributed by atoms with van der Waals surface area (Å²) in [6.45, 7) is 5.99. The molecule has 64 heavy (non-hydrogen) atoms. The van der Waals surface area contributed by atoms with Gasteiger partial charge in [0.15, 0.2) is 11.6 Å². The normalized spacial score (nSPS) is 33.5. The lowest BCUT2D eigenvalue weighted by atomic mass is 9.80. The van der Waals surface area contributed by atoms with Crippen LogP contribution in [0, 0.1) is 11.8 Å². The molecule has 0 unspecified atom stereocenters. The molecule has 5 saturated heterocycles. The number of carbonyl (C=O) groups excluding carboxylic acids is 7. The molecule has 360 valence electrons. The number of aliphatic hydroxyl groups excluding tert-OH is 1. The quantitative estimate of drug-likeness (QED) is 0.0849. The fourth-order valence-corrected chi connectivity index (χ4v) is 8.93. The molecule has 0 spiro atoms. The monoisotopic (exact) mass is 913 g/mol. The van der Waals surface area contributed by atoms with Gasteiger partial charge in [0.2, 0.25) is 5.79 Å². The van der Waals surface area contributed by atoms with Gasteiger partial charge in [-0.05, 0) is 77.0 Å². The lowest BCUT2D eigenvalue weighted by molar-refractivity contribution is -0.328. The van der Waals surface area contributed by atoms with Crippen LogP contribution in [-0.2, 0) is 47.8 Å². The average Bonchev–Trinajstić information content (AvgIpc) is 3.26. The molecule has 11 atom stereocenters. The summed E-state index contributed by atoms with van der Waals surface area (Å²) in [6, 6.07) is -8.63. The van der Waals surface area contributed by atoms with Crippen molar-refractivity contribution < 1.29 is 78.7 Å². The molecule has 5 aliphatic heterocycles. The average molecular weight is 914 g/mol. The summed E-state index contributed by atoms with van der Waals surface area (Å²) in [7, 11) is 0. The van der Waals surface area contributed by atoms with Crippen molar-refractivity contribution in [3.05, 3.63) is 0 Å². The Balaban J connectivity index is 1.59. The zero-order chi connectivity index (χ0) is 47.4. The molecule has 0 aliphatic carbocycles. The molecule has 0 bridgehead atoms. The largest absolute Gasteiger partial charge is 0.481 e. The van der Waals surface area contributed by atoms with Gasteiger partial charge >= 0.3 is 11.9 Å². The number of hydrazine groups is 3. The predicted octanol–water partition coefficient (Wildman–Crippen LogP) is -3.16. The van der Waals surface area contributed by atoms with Gasteiger partial charge in [0.25, 0.3) is 35.4 Å². The highest BCUT2D eigenvalue weighted by Gasteiger charge is 2.58. The molecule has 25 heteroatoms. The number of hydrogen-bond donors (Lipinski definition) is 10. The molecule has 0 radical (unpaired) electrons. The molecular formula is C39H63N9O16. The van der Waals surface area contributed by atoms with E-state index in [0.29, 0.717) is 12.8 Å². The zero-order valence-electron chi connectivity index (χ0n) is 36.7. The topological polar surface area (TPSA) is 341 Å². The molecule has 0 aromatic carbocycles. The highest BCUT2D eigenvalue weighted by molar-refractivity contribution is 5.97. The van der Waals surface area contributed by atoms with E-state index in [9.17, 15) is 69.2 Å². The second kappa shape index (κ2) is 20.7. The van der Waals surface area contributed by atoms with Gasteiger partial charge in [0, 0.05) is 26.1 Å². The highest BCUT2D eigenvalue weighted by Crippen LogP contribution is 2.40. The van der Waals surface area contributed by atoms with E-state index in [1.807, 2.05) is 0 Å². The minimum Gasteiger partial charge on any atom is -0.481 e. The smallest absolute Gasteiger partial charge is 0.334 e. The number of aliphatic carboxylic acids is 1. The third-order valence-corrected chi connectivity index (χ3v) is 12.6. The van der Waals surface area contributed by atoms with Gasteiger partial charge in [-0.15, -0.1) is 0 Å². The van der Waals surface area contributed by atoms with Crippen LogP contribution in [0.3, 0.4) is 0 Å². The van der Waals surface area contributed by atoms with Crippen molar-refractivity contribution in [2.75, 3.05) is 26.2 Å². The second-order valence-corrected chi connectivity index (χ2v) is 17.6. The van der Waals surface area contributed by atoms with Gasteiger partial charge in [0.1, 0.15) is 36.8 Å². The SMILES string of the molecule is CC[C@H]1O[C@@](O)([C@](C)(O)C(=O)N[C@@H]2C(=O)N3NCCC[C@@H]3C(=O)N(O)CC(=O)N3NCCC[C@@H]3C(=O)N3NCCC[C@H]3C(=O)N(O)[C@@H]([C@@H](C)O)C(=O)O[C@H]2C(C)C)CC[C@@H]1CC(=O)O. The fourth-order valence-electron chi connectivity index (χ4n) is 8.93. The molecule has 5 aliphatic rings. The molecule has 6 amide bonds. The standard InChI is InChI=1S/C39H63N9O16/c1-6-26-22(18-28(51)52)13-14-39(60,64-26)38(5,59)37(58)43-29-31(20(2)3)63-36(57)30(21(4)49)48(62)34(55)25-12-9-16-41-46(25)33(54)24-11-8-15-40-45(24)27(50)19-44(61)32(53)23-10-7-17-42-47(23)35(29)56/h20-26,29-31,40-42,49,59-62H,6-19H2,1-5H3,(H,43,58)(H,51,52)/t21-,22-,23-,24-,25+,26-,29+,30+,31+,38-,39-/m1/s1. The third kappa shape index (κ3) is 10.4. The summed E-state index contributed by atoms with van der Waals surface area (Å²) < 4.78 is 11.6. The molecule has 10 N–H and O–H groups in total. The maximum absolute atomic E-state index is 14.9. The number of hydrogen-bond acceptors (Lipinski definition) is 18. The number of cyclic esters (lactones) is 1. The van der Waals surface area contributed by atoms with E-state index in [1.165, 1.54) is 13.8 Å². The molecule has 25 nitrogen and oxygen atoms in total. The molecular weight excluding hydrogens is 850 g/mol. The van der Waals surface area contributed by atoms with Crippen LogP contribution in [0.4, 0.5) is 0 Å². The van der Waals surface area contributed by atoms with Gasteiger partial charge in [-0.2, -0.15) is 0 Å².